The number of fused-ring (bicyclic) bond motifs is 1. The van der Waals surface area contributed by atoms with Gasteiger partial charge < -0.3 is 0 Å². The predicted octanol–water partition coefficient (Wildman–Crippen LogP) is 4.14. The molecule has 106 valence electrons. The highest BCUT2D eigenvalue weighted by molar-refractivity contribution is 6.12. The number of likely N-dealkylation sites (N-methyl/N-ethyl adjacent to an activating group) is 1. The quantitative estimate of drug-likeness (QED) is 0.760. The van der Waals surface area contributed by atoms with E-state index in [1.165, 1.54) is 0 Å². The smallest absolute Gasteiger partial charge is 0.183 e. The fourth-order valence-corrected chi connectivity index (χ4v) is 3.08. The van der Waals surface area contributed by atoms with Crippen molar-refractivity contribution in [3.05, 3.63) is 48.0 Å². The molecule has 0 aliphatic carbocycles. The Kier molecular flexibility index (Phi) is 4.24. The number of ketones is 1. The minimum absolute atomic E-state index is 0.226. The van der Waals surface area contributed by atoms with Crippen LogP contribution in [0.1, 0.15) is 37.0 Å². The van der Waals surface area contributed by atoms with Gasteiger partial charge in [0.15, 0.2) is 5.78 Å². The first-order valence-electron chi connectivity index (χ1n) is 7.26. The molecule has 0 aliphatic heterocycles. The first kappa shape index (κ1) is 14.7. The number of rotatable bonds is 5. The largest absolute Gasteiger partial charge is 0.297 e. The summed E-state index contributed by atoms with van der Waals surface area (Å²) in [5, 5.41) is 2.17. The Morgan fingerprint density at radius 1 is 1.00 bits per heavy atom. The van der Waals surface area contributed by atoms with Crippen molar-refractivity contribution in [1.82, 2.24) is 4.90 Å². The summed E-state index contributed by atoms with van der Waals surface area (Å²) in [5.74, 6) is 0.226. The second-order valence-corrected chi connectivity index (χ2v) is 5.49. The van der Waals surface area contributed by atoms with Gasteiger partial charge in [-0.05, 0) is 37.7 Å². The molecule has 2 rings (SSSR count). The van der Waals surface area contributed by atoms with Crippen LogP contribution in [-0.2, 0) is 0 Å². The first-order chi connectivity index (χ1) is 9.56. The molecule has 0 bridgehead atoms. The van der Waals surface area contributed by atoms with Crippen molar-refractivity contribution in [2.75, 3.05) is 14.1 Å². The van der Waals surface area contributed by atoms with Crippen molar-refractivity contribution in [3.63, 3.8) is 0 Å². The molecule has 0 radical (unpaired) electrons. The predicted molar refractivity (Wildman–Crippen MR) is 85.3 cm³/mol. The number of carbonyl (C=O) groups is 1. The van der Waals surface area contributed by atoms with Crippen molar-refractivity contribution in [2.45, 2.75) is 32.2 Å². The van der Waals surface area contributed by atoms with E-state index in [1.54, 1.807) is 0 Å². The average molecular weight is 269 g/mol. The van der Waals surface area contributed by atoms with Gasteiger partial charge in [-0.1, -0.05) is 56.3 Å². The van der Waals surface area contributed by atoms with E-state index in [0.717, 1.165) is 29.2 Å². The second-order valence-electron chi connectivity index (χ2n) is 5.49. The van der Waals surface area contributed by atoms with Gasteiger partial charge in [-0.3, -0.25) is 9.69 Å². The fourth-order valence-electron chi connectivity index (χ4n) is 3.08. The van der Waals surface area contributed by atoms with E-state index >= 15 is 0 Å². The highest BCUT2D eigenvalue weighted by Gasteiger charge is 2.38. The Hall–Kier alpha value is -1.67. The lowest BCUT2D eigenvalue weighted by atomic mass is 9.82. The summed E-state index contributed by atoms with van der Waals surface area (Å²) in [6.45, 7) is 4.18. The zero-order chi connectivity index (χ0) is 14.8. The Morgan fingerprint density at radius 3 is 2.20 bits per heavy atom. The number of hydrogen-bond acceptors (Lipinski definition) is 2. The van der Waals surface area contributed by atoms with Gasteiger partial charge in [0.05, 0.1) is 5.54 Å². The summed E-state index contributed by atoms with van der Waals surface area (Å²) >= 11 is 0. The normalized spacial score (nSPS) is 12.1. The highest BCUT2D eigenvalue weighted by Crippen LogP contribution is 2.29. The highest BCUT2D eigenvalue weighted by atomic mass is 16.1. The van der Waals surface area contributed by atoms with Crippen LogP contribution < -0.4 is 0 Å². The van der Waals surface area contributed by atoms with E-state index in [-0.39, 0.29) is 5.78 Å². The second kappa shape index (κ2) is 5.76. The third kappa shape index (κ3) is 2.25. The van der Waals surface area contributed by atoms with E-state index < -0.39 is 5.54 Å². The molecule has 0 aliphatic rings. The van der Waals surface area contributed by atoms with E-state index in [9.17, 15) is 4.79 Å². The van der Waals surface area contributed by atoms with Crippen LogP contribution in [0.25, 0.3) is 10.8 Å². The first-order valence-corrected chi connectivity index (χ1v) is 7.26. The van der Waals surface area contributed by atoms with Crippen molar-refractivity contribution in [3.8, 4) is 0 Å². The number of Topliss-reactive ketones (excluding diaryl/α,β-unsaturated/α-hetero) is 1. The lowest BCUT2D eigenvalue weighted by Crippen LogP contribution is -2.50. The molecule has 0 spiro atoms. The zero-order valence-electron chi connectivity index (χ0n) is 12.8. The summed E-state index contributed by atoms with van der Waals surface area (Å²) in [7, 11) is 3.99. The molecule has 0 saturated carbocycles. The summed E-state index contributed by atoms with van der Waals surface area (Å²) in [6, 6.07) is 14.1. The molecule has 2 aromatic carbocycles. The van der Waals surface area contributed by atoms with Crippen LogP contribution in [0.2, 0.25) is 0 Å². The van der Waals surface area contributed by atoms with Crippen LogP contribution in [0.5, 0.6) is 0 Å². The molecule has 2 nitrogen and oxygen atoms in total. The standard InChI is InChI=1S/C18H23NO/c1-5-18(6-2,19(3)4)17(20)16-13-9-11-14-10-7-8-12-15(14)16/h7-13H,5-6H2,1-4H3. The van der Waals surface area contributed by atoms with E-state index in [1.807, 2.05) is 44.4 Å². The minimum atomic E-state index is -0.413. The summed E-state index contributed by atoms with van der Waals surface area (Å²) in [4.78, 5) is 15.2. The summed E-state index contributed by atoms with van der Waals surface area (Å²) < 4.78 is 0. The number of carbonyl (C=O) groups excluding carboxylic acids is 1. The molecule has 2 aromatic rings. The minimum Gasteiger partial charge on any atom is -0.297 e. The topological polar surface area (TPSA) is 20.3 Å². The molecular formula is C18H23NO. The van der Waals surface area contributed by atoms with E-state index in [4.69, 9.17) is 0 Å². The van der Waals surface area contributed by atoms with Crippen molar-refractivity contribution in [2.24, 2.45) is 0 Å². The maximum Gasteiger partial charge on any atom is 0.183 e. The molecule has 0 saturated heterocycles. The lowest BCUT2D eigenvalue weighted by Gasteiger charge is -2.37. The van der Waals surface area contributed by atoms with Crippen LogP contribution in [0.4, 0.5) is 0 Å². The third-order valence-electron chi connectivity index (χ3n) is 4.48. The maximum atomic E-state index is 13.1. The maximum absolute atomic E-state index is 13.1. The van der Waals surface area contributed by atoms with Gasteiger partial charge in [0, 0.05) is 5.56 Å². The Labute approximate surface area is 121 Å². The van der Waals surface area contributed by atoms with Gasteiger partial charge in [-0.2, -0.15) is 0 Å². The summed E-state index contributed by atoms with van der Waals surface area (Å²) in [5.41, 5.74) is 0.421. The van der Waals surface area contributed by atoms with Crippen LogP contribution in [0.3, 0.4) is 0 Å². The van der Waals surface area contributed by atoms with Gasteiger partial charge in [-0.15, -0.1) is 0 Å². The van der Waals surface area contributed by atoms with E-state index in [0.29, 0.717) is 0 Å². The van der Waals surface area contributed by atoms with Crippen molar-refractivity contribution >= 4 is 16.6 Å². The Bertz CT molecular complexity index is 606. The van der Waals surface area contributed by atoms with Crippen molar-refractivity contribution < 1.29 is 4.79 Å². The molecule has 0 unspecified atom stereocenters. The van der Waals surface area contributed by atoms with Crippen molar-refractivity contribution in [1.29, 1.82) is 0 Å². The van der Waals surface area contributed by atoms with E-state index in [2.05, 4.69) is 30.9 Å². The monoisotopic (exact) mass is 269 g/mol. The SMILES string of the molecule is CCC(CC)(C(=O)c1cccc2ccccc12)N(C)C. The molecule has 0 N–H and O–H groups in total. The van der Waals surface area contributed by atoms with Crippen LogP contribution in [-0.4, -0.2) is 30.3 Å². The Morgan fingerprint density at radius 2 is 1.60 bits per heavy atom. The molecule has 20 heavy (non-hydrogen) atoms. The number of nitrogens with zero attached hydrogens (tertiary/aromatic N) is 1. The number of hydrogen-bond donors (Lipinski definition) is 0. The summed E-state index contributed by atoms with van der Waals surface area (Å²) in [6.07, 6.45) is 1.64. The lowest BCUT2D eigenvalue weighted by molar-refractivity contribution is 0.0658. The molecule has 0 atom stereocenters. The fraction of sp³-hybridized carbons (Fsp3) is 0.389. The van der Waals surface area contributed by atoms with Crippen LogP contribution in [0, 0.1) is 0 Å². The zero-order valence-corrected chi connectivity index (χ0v) is 12.8. The molecule has 0 fully saturated rings. The Balaban J connectivity index is 2.61. The number of benzene rings is 2. The molecule has 0 amide bonds. The van der Waals surface area contributed by atoms with Crippen LogP contribution in [0.15, 0.2) is 42.5 Å². The van der Waals surface area contributed by atoms with Gasteiger partial charge in [0.2, 0.25) is 0 Å². The van der Waals surface area contributed by atoms with Crippen LogP contribution >= 0.6 is 0 Å². The van der Waals surface area contributed by atoms with Gasteiger partial charge in [-0.25, -0.2) is 0 Å². The average Bonchev–Trinajstić information content (AvgIpc) is 2.48. The molecular weight excluding hydrogens is 246 g/mol. The van der Waals surface area contributed by atoms with Gasteiger partial charge in [0.1, 0.15) is 0 Å². The molecule has 0 heterocycles. The molecule has 2 heteroatoms. The van der Waals surface area contributed by atoms with Gasteiger partial charge in [0.25, 0.3) is 0 Å². The molecule has 0 aromatic heterocycles. The van der Waals surface area contributed by atoms with Gasteiger partial charge >= 0.3 is 0 Å². The third-order valence-corrected chi connectivity index (χ3v) is 4.48.